The van der Waals surface area contributed by atoms with E-state index >= 15 is 0 Å². The maximum atomic E-state index is 11.6. The van der Waals surface area contributed by atoms with Crippen LogP contribution in [0.3, 0.4) is 0 Å². The van der Waals surface area contributed by atoms with Gasteiger partial charge in [-0.2, -0.15) is 0 Å². The van der Waals surface area contributed by atoms with Gasteiger partial charge in [0, 0.05) is 12.7 Å². The van der Waals surface area contributed by atoms with Crippen LogP contribution >= 0.6 is 0 Å². The summed E-state index contributed by atoms with van der Waals surface area (Å²) in [6, 6.07) is 2.30. The molecule has 8 nitrogen and oxygen atoms in total. The number of carboxylic acids is 1. The van der Waals surface area contributed by atoms with Crippen LogP contribution < -0.4 is 15.4 Å². The third kappa shape index (κ3) is 3.94. The molecule has 3 amide bonds. The van der Waals surface area contributed by atoms with Crippen LogP contribution in [-0.2, 0) is 4.79 Å². The number of aryl methyl sites for hydroxylation is 1. The van der Waals surface area contributed by atoms with Gasteiger partial charge in [0.1, 0.15) is 0 Å². The Bertz CT molecular complexity index is 544. The molecule has 0 aliphatic rings. The molecule has 0 bridgehead atoms. The molecule has 3 N–H and O–H groups in total. The molecule has 8 heteroatoms. The topological polar surface area (TPSA) is 118 Å². The van der Waals surface area contributed by atoms with Gasteiger partial charge in [0.15, 0.2) is 17.5 Å². The Balaban J connectivity index is 2.85. The Hall–Kier alpha value is -2.64. The number of aromatic nitrogens is 1. The number of carbonyl (C=O) groups is 3. The minimum absolute atomic E-state index is 0.0392. The Morgan fingerprint density at radius 2 is 2.00 bits per heavy atom. The first kappa shape index (κ1) is 15.4. The standard InChI is InChI=1S/C12H15N3O5/c1-6-4-5-8(9(14-6)11(17)18)20-7(2)10(16)15-12(19)13-3/h4-5,7H,1-3H3,(H,17,18)(H2,13,15,16,19). The number of urea groups is 1. The summed E-state index contributed by atoms with van der Waals surface area (Å²) >= 11 is 0. The molecule has 1 heterocycles. The summed E-state index contributed by atoms with van der Waals surface area (Å²) < 4.78 is 5.23. The highest BCUT2D eigenvalue weighted by Gasteiger charge is 2.21. The lowest BCUT2D eigenvalue weighted by molar-refractivity contribution is -0.126. The highest BCUT2D eigenvalue weighted by atomic mass is 16.5. The maximum absolute atomic E-state index is 11.6. The molecule has 108 valence electrons. The number of carbonyl (C=O) groups excluding carboxylic acids is 2. The van der Waals surface area contributed by atoms with Gasteiger partial charge in [-0.3, -0.25) is 10.1 Å². The van der Waals surface area contributed by atoms with Crippen LogP contribution in [0.15, 0.2) is 12.1 Å². The van der Waals surface area contributed by atoms with Crippen molar-refractivity contribution in [3.63, 3.8) is 0 Å². The van der Waals surface area contributed by atoms with Gasteiger partial charge in [0.25, 0.3) is 5.91 Å². The Kier molecular flexibility index (Phi) is 5.01. The van der Waals surface area contributed by atoms with Crippen molar-refractivity contribution < 1.29 is 24.2 Å². The van der Waals surface area contributed by atoms with Crippen LogP contribution in [0.25, 0.3) is 0 Å². The lowest BCUT2D eigenvalue weighted by atomic mass is 10.2. The predicted octanol–water partition coefficient (Wildman–Crippen LogP) is 0.311. The molecule has 1 aromatic heterocycles. The van der Waals surface area contributed by atoms with Crippen LogP contribution in [0, 0.1) is 6.92 Å². The number of aromatic carboxylic acids is 1. The summed E-state index contributed by atoms with van der Waals surface area (Å²) in [5.41, 5.74) is 0.224. The normalized spacial score (nSPS) is 11.3. The van der Waals surface area contributed by atoms with E-state index in [0.29, 0.717) is 5.69 Å². The number of hydrogen-bond donors (Lipinski definition) is 3. The van der Waals surface area contributed by atoms with Gasteiger partial charge in [-0.05, 0) is 26.0 Å². The number of rotatable bonds is 4. The maximum Gasteiger partial charge on any atom is 0.358 e. The van der Waals surface area contributed by atoms with E-state index in [1.165, 1.54) is 20.0 Å². The number of hydrogen-bond acceptors (Lipinski definition) is 5. The molecule has 1 atom stereocenters. The number of imide groups is 1. The second-order valence-corrected chi connectivity index (χ2v) is 3.93. The largest absolute Gasteiger partial charge is 0.478 e. The first-order valence-corrected chi connectivity index (χ1v) is 5.75. The Labute approximate surface area is 115 Å². The second-order valence-electron chi connectivity index (χ2n) is 3.93. The van der Waals surface area contributed by atoms with Gasteiger partial charge in [-0.1, -0.05) is 0 Å². The van der Waals surface area contributed by atoms with E-state index in [4.69, 9.17) is 9.84 Å². The SMILES string of the molecule is CNC(=O)NC(=O)C(C)Oc1ccc(C)nc1C(=O)O. The van der Waals surface area contributed by atoms with Crippen molar-refractivity contribution in [2.24, 2.45) is 0 Å². The zero-order chi connectivity index (χ0) is 15.3. The molecule has 0 saturated carbocycles. The van der Waals surface area contributed by atoms with Gasteiger partial charge in [0.05, 0.1) is 0 Å². The number of amides is 3. The molecule has 20 heavy (non-hydrogen) atoms. The summed E-state index contributed by atoms with van der Waals surface area (Å²) in [4.78, 5) is 37.5. The Morgan fingerprint density at radius 3 is 2.55 bits per heavy atom. The molecule has 0 aromatic carbocycles. The highest BCUT2D eigenvalue weighted by Crippen LogP contribution is 2.18. The summed E-state index contributed by atoms with van der Waals surface area (Å²) in [5, 5.41) is 13.3. The van der Waals surface area contributed by atoms with Crippen molar-refractivity contribution in [2.75, 3.05) is 7.05 Å². The second kappa shape index (κ2) is 6.50. The van der Waals surface area contributed by atoms with E-state index in [9.17, 15) is 14.4 Å². The van der Waals surface area contributed by atoms with Gasteiger partial charge < -0.3 is 15.2 Å². The summed E-state index contributed by atoms with van der Waals surface area (Å²) in [6.07, 6.45) is -1.05. The molecular weight excluding hydrogens is 266 g/mol. The first-order valence-electron chi connectivity index (χ1n) is 5.75. The van der Waals surface area contributed by atoms with Crippen LogP contribution in [-0.4, -0.2) is 41.1 Å². The third-order valence-corrected chi connectivity index (χ3v) is 2.34. The number of ether oxygens (including phenoxy) is 1. The van der Waals surface area contributed by atoms with Gasteiger partial charge in [-0.25, -0.2) is 14.6 Å². The van der Waals surface area contributed by atoms with E-state index in [-0.39, 0.29) is 11.4 Å². The minimum atomic E-state index is -1.26. The van der Waals surface area contributed by atoms with E-state index in [0.717, 1.165) is 0 Å². The van der Waals surface area contributed by atoms with Crippen molar-refractivity contribution >= 4 is 17.9 Å². The zero-order valence-electron chi connectivity index (χ0n) is 11.3. The molecule has 1 aromatic rings. The van der Waals surface area contributed by atoms with Crippen LogP contribution in [0.5, 0.6) is 5.75 Å². The van der Waals surface area contributed by atoms with Crippen molar-refractivity contribution in [2.45, 2.75) is 20.0 Å². The quantitative estimate of drug-likeness (QED) is 0.731. The lowest BCUT2D eigenvalue weighted by Gasteiger charge is -2.15. The average Bonchev–Trinajstić information content (AvgIpc) is 2.40. The van der Waals surface area contributed by atoms with E-state index < -0.39 is 24.0 Å². The van der Waals surface area contributed by atoms with E-state index in [1.807, 2.05) is 5.32 Å². The van der Waals surface area contributed by atoms with Crippen molar-refractivity contribution in [3.05, 3.63) is 23.5 Å². The molecule has 0 fully saturated rings. The van der Waals surface area contributed by atoms with E-state index in [2.05, 4.69) is 10.3 Å². The molecular formula is C12H15N3O5. The third-order valence-electron chi connectivity index (χ3n) is 2.34. The summed E-state index contributed by atoms with van der Waals surface area (Å²) in [6.45, 7) is 3.03. The summed E-state index contributed by atoms with van der Waals surface area (Å²) in [7, 11) is 1.36. The number of nitrogens with one attached hydrogen (secondary N) is 2. The monoisotopic (exact) mass is 281 g/mol. The average molecular weight is 281 g/mol. The van der Waals surface area contributed by atoms with Crippen LogP contribution in [0.4, 0.5) is 4.79 Å². The van der Waals surface area contributed by atoms with Crippen LogP contribution in [0.2, 0.25) is 0 Å². The predicted molar refractivity (Wildman–Crippen MR) is 68.6 cm³/mol. The lowest BCUT2D eigenvalue weighted by Crippen LogP contribution is -2.44. The molecule has 1 rings (SSSR count). The molecule has 0 aliphatic heterocycles. The molecule has 0 radical (unpaired) electrons. The van der Waals surface area contributed by atoms with Crippen molar-refractivity contribution in [1.82, 2.24) is 15.6 Å². The van der Waals surface area contributed by atoms with Gasteiger partial charge >= 0.3 is 12.0 Å². The van der Waals surface area contributed by atoms with Crippen LogP contribution in [0.1, 0.15) is 23.1 Å². The smallest absolute Gasteiger partial charge is 0.358 e. The molecule has 0 spiro atoms. The van der Waals surface area contributed by atoms with Crippen molar-refractivity contribution in [1.29, 1.82) is 0 Å². The minimum Gasteiger partial charge on any atom is -0.478 e. The fourth-order valence-corrected chi connectivity index (χ4v) is 1.31. The summed E-state index contributed by atoms with van der Waals surface area (Å²) in [5.74, 6) is -1.99. The fourth-order valence-electron chi connectivity index (χ4n) is 1.31. The van der Waals surface area contributed by atoms with Gasteiger partial charge in [-0.15, -0.1) is 0 Å². The number of nitrogens with zero attached hydrogens (tertiary/aromatic N) is 1. The zero-order valence-corrected chi connectivity index (χ0v) is 11.3. The fraction of sp³-hybridized carbons (Fsp3) is 0.333. The number of pyridine rings is 1. The first-order chi connectivity index (χ1) is 9.35. The molecule has 0 aliphatic carbocycles. The van der Waals surface area contributed by atoms with Crippen molar-refractivity contribution in [3.8, 4) is 5.75 Å². The Morgan fingerprint density at radius 1 is 1.35 bits per heavy atom. The van der Waals surface area contributed by atoms with E-state index in [1.54, 1.807) is 13.0 Å². The molecule has 0 saturated heterocycles. The van der Waals surface area contributed by atoms with Gasteiger partial charge in [0.2, 0.25) is 0 Å². The number of carboxylic acid groups (broad SMARTS) is 1. The highest BCUT2D eigenvalue weighted by molar-refractivity contribution is 5.96. The molecule has 1 unspecified atom stereocenters.